The van der Waals surface area contributed by atoms with Crippen LogP contribution in [-0.2, 0) is 18.6 Å². The number of ether oxygens (including phenoxy) is 3. The first-order valence-electron chi connectivity index (χ1n) is 5.97. The first-order valence-corrected chi connectivity index (χ1v) is 9.38. The van der Waals surface area contributed by atoms with Gasteiger partial charge in [0.05, 0.1) is 0 Å². The highest BCUT2D eigenvalue weighted by Crippen LogP contribution is 2.15. The minimum Gasteiger partial charge on any atom is -0.389 e. The molecule has 0 aliphatic heterocycles. The van der Waals surface area contributed by atoms with Crippen LogP contribution in [0.5, 0.6) is 0 Å². The van der Waals surface area contributed by atoms with E-state index in [1.807, 2.05) is 20.8 Å². The first kappa shape index (κ1) is 16.1. The molecule has 0 bridgehead atoms. The Morgan fingerprint density at radius 3 is 1.44 bits per heavy atom. The zero-order valence-electron chi connectivity index (χ0n) is 11.4. The maximum Gasteiger partial charge on any atom is 0.208 e. The lowest BCUT2D eigenvalue weighted by atomic mass is 10.6. The minimum absolute atomic E-state index is 0.420. The number of hydrogen-bond acceptors (Lipinski definition) is 4. The maximum absolute atomic E-state index is 5.91. The fourth-order valence-corrected chi connectivity index (χ4v) is 2.09. The van der Waals surface area contributed by atoms with Crippen LogP contribution in [0.1, 0.15) is 20.8 Å². The van der Waals surface area contributed by atoms with E-state index in [1.165, 1.54) is 0 Å². The molecule has 0 amide bonds. The van der Waals surface area contributed by atoms with Crippen molar-refractivity contribution in [3.05, 3.63) is 0 Å². The molecule has 1 atom stereocenters. The predicted octanol–water partition coefficient (Wildman–Crippen LogP) is 2.60. The van der Waals surface area contributed by atoms with Crippen LogP contribution in [0.3, 0.4) is 0 Å². The zero-order chi connectivity index (χ0) is 12.6. The summed E-state index contributed by atoms with van der Waals surface area (Å²) in [4.78, 5) is 0. The van der Waals surface area contributed by atoms with Crippen molar-refractivity contribution in [2.45, 2.75) is 53.0 Å². The van der Waals surface area contributed by atoms with Crippen LogP contribution >= 0.6 is 0 Å². The summed E-state index contributed by atoms with van der Waals surface area (Å²) in [5, 5.41) is 0. The second-order valence-electron chi connectivity index (χ2n) is 4.33. The molecule has 0 radical (unpaired) electrons. The van der Waals surface area contributed by atoms with Gasteiger partial charge in [-0.1, -0.05) is 0 Å². The standard InChI is InChI=1S/C11H26O4Si/c1-7-12-10(13-8-2)11(14-9-3)15-16(4,5)6/h10-11H,7-9H2,1-6H3. The third kappa shape index (κ3) is 7.35. The molecule has 16 heavy (non-hydrogen) atoms. The summed E-state index contributed by atoms with van der Waals surface area (Å²) in [5.74, 6) is 0. The van der Waals surface area contributed by atoms with Crippen molar-refractivity contribution in [2.75, 3.05) is 19.8 Å². The van der Waals surface area contributed by atoms with Crippen LogP contribution in [0.25, 0.3) is 0 Å². The van der Waals surface area contributed by atoms with Gasteiger partial charge in [0.15, 0.2) is 14.6 Å². The van der Waals surface area contributed by atoms with Gasteiger partial charge in [0.25, 0.3) is 0 Å². The third-order valence-electron chi connectivity index (χ3n) is 1.68. The van der Waals surface area contributed by atoms with Crippen molar-refractivity contribution in [1.29, 1.82) is 0 Å². The molecular weight excluding hydrogens is 224 g/mol. The molecule has 0 spiro atoms. The van der Waals surface area contributed by atoms with Crippen molar-refractivity contribution in [3.8, 4) is 0 Å². The first-order chi connectivity index (χ1) is 7.44. The topological polar surface area (TPSA) is 36.9 Å². The Hall–Kier alpha value is 0.0569. The zero-order valence-corrected chi connectivity index (χ0v) is 12.4. The van der Waals surface area contributed by atoms with Gasteiger partial charge in [-0.2, -0.15) is 0 Å². The molecule has 0 saturated heterocycles. The van der Waals surface area contributed by atoms with Crippen molar-refractivity contribution < 1.29 is 18.6 Å². The van der Waals surface area contributed by atoms with Crippen LogP contribution in [0, 0.1) is 0 Å². The number of rotatable bonds is 9. The van der Waals surface area contributed by atoms with Crippen molar-refractivity contribution in [2.24, 2.45) is 0 Å². The second-order valence-corrected chi connectivity index (χ2v) is 8.79. The fourth-order valence-electron chi connectivity index (χ4n) is 1.21. The van der Waals surface area contributed by atoms with Crippen LogP contribution in [-0.4, -0.2) is 40.7 Å². The molecule has 0 aromatic carbocycles. The Morgan fingerprint density at radius 1 is 0.750 bits per heavy atom. The molecule has 4 nitrogen and oxygen atoms in total. The van der Waals surface area contributed by atoms with Gasteiger partial charge < -0.3 is 18.6 Å². The second kappa shape index (κ2) is 8.19. The smallest absolute Gasteiger partial charge is 0.208 e. The van der Waals surface area contributed by atoms with E-state index >= 15 is 0 Å². The molecule has 0 N–H and O–H groups in total. The highest BCUT2D eigenvalue weighted by Gasteiger charge is 2.29. The SMILES string of the molecule is CCOC(OCC)C(OCC)O[Si](C)(C)C. The highest BCUT2D eigenvalue weighted by molar-refractivity contribution is 6.69. The third-order valence-corrected chi connectivity index (χ3v) is 2.62. The molecule has 0 aromatic rings. The van der Waals surface area contributed by atoms with Crippen LogP contribution in [0.2, 0.25) is 19.6 Å². The lowest BCUT2D eigenvalue weighted by molar-refractivity contribution is -0.259. The van der Waals surface area contributed by atoms with Gasteiger partial charge in [-0.05, 0) is 40.4 Å². The Bertz CT molecular complexity index is 164. The molecule has 1 unspecified atom stereocenters. The highest BCUT2D eigenvalue weighted by atomic mass is 28.4. The van der Waals surface area contributed by atoms with Gasteiger partial charge >= 0.3 is 0 Å². The van der Waals surface area contributed by atoms with Crippen molar-refractivity contribution >= 4 is 8.32 Å². The average molecular weight is 250 g/mol. The van der Waals surface area contributed by atoms with E-state index in [0.717, 1.165) is 0 Å². The van der Waals surface area contributed by atoms with E-state index < -0.39 is 20.9 Å². The van der Waals surface area contributed by atoms with Crippen LogP contribution in [0.4, 0.5) is 0 Å². The Morgan fingerprint density at radius 2 is 1.12 bits per heavy atom. The molecule has 0 rings (SSSR count). The quantitative estimate of drug-likeness (QED) is 0.465. The lowest BCUT2D eigenvalue weighted by Crippen LogP contribution is -2.43. The Kier molecular flexibility index (Phi) is 8.22. The monoisotopic (exact) mass is 250 g/mol. The van der Waals surface area contributed by atoms with E-state index in [2.05, 4.69) is 19.6 Å². The molecule has 0 aliphatic rings. The van der Waals surface area contributed by atoms with Crippen LogP contribution < -0.4 is 0 Å². The maximum atomic E-state index is 5.91. The Balaban J connectivity index is 4.42. The summed E-state index contributed by atoms with van der Waals surface area (Å²) in [6.45, 7) is 13.9. The van der Waals surface area contributed by atoms with E-state index in [0.29, 0.717) is 19.8 Å². The summed E-state index contributed by atoms with van der Waals surface area (Å²) in [6.07, 6.45) is -0.849. The largest absolute Gasteiger partial charge is 0.389 e. The summed E-state index contributed by atoms with van der Waals surface area (Å²) in [7, 11) is -1.66. The van der Waals surface area contributed by atoms with Gasteiger partial charge in [-0.25, -0.2) is 0 Å². The van der Waals surface area contributed by atoms with Crippen LogP contribution in [0.15, 0.2) is 0 Å². The summed E-state index contributed by atoms with van der Waals surface area (Å²) >= 11 is 0. The molecular formula is C11H26O4Si. The molecule has 5 heteroatoms. The molecule has 0 heterocycles. The molecule has 0 aliphatic carbocycles. The molecule has 0 aromatic heterocycles. The Labute approximate surface area is 100 Å². The van der Waals surface area contributed by atoms with Crippen molar-refractivity contribution in [3.63, 3.8) is 0 Å². The van der Waals surface area contributed by atoms with E-state index in [-0.39, 0.29) is 0 Å². The van der Waals surface area contributed by atoms with E-state index in [9.17, 15) is 0 Å². The number of hydrogen-bond donors (Lipinski definition) is 0. The van der Waals surface area contributed by atoms with Gasteiger partial charge in [0.2, 0.25) is 6.29 Å². The molecule has 0 saturated carbocycles. The lowest BCUT2D eigenvalue weighted by Gasteiger charge is -2.31. The molecule has 0 fully saturated rings. The van der Waals surface area contributed by atoms with Gasteiger partial charge in [0.1, 0.15) is 0 Å². The van der Waals surface area contributed by atoms with Gasteiger partial charge in [-0.3, -0.25) is 0 Å². The van der Waals surface area contributed by atoms with Gasteiger partial charge in [-0.15, -0.1) is 0 Å². The summed E-state index contributed by atoms with van der Waals surface area (Å²) < 4.78 is 22.4. The summed E-state index contributed by atoms with van der Waals surface area (Å²) in [6, 6.07) is 0. The normalized spacial score (nSPS) is 14.4. The average Bonchev–Trinajstić information content (AvgIpc) is 2.15. The summed E-state index contributed by atoms with van der Waals surface area (Å²) in [5.41, 5.74) is 0. The van der Waals surface area contributed by atoms with E-state index in [4.69, 9.17) is 18.6 Å². The van der Waals surface area contributed by atoms with Gasteiger partial charge in [0, 0.05) is 19.8 Å². The van der Waals surface area contributed by atoms with Crippen molar-refractivity contribution in [1.82, 2.24) is 0 Å². The minimum atomic E-state index is -1.66. The van der Waals surface area contributed by atoms with E-state index in [1.54, 1.807) is 0 Å². The predicted molar refractivity (Wildman–Crippen MR) is 66.9 cm³/mol. The molecule has 98 valence electrons. The fraction of sp³-hybridized carbons (Fsp3) is 1.00.